The number of fused-ring (bicyclic) bond motifs is 1. The van der Waals surface area contributed by atoms with Gasteiger partial charge in [-0.3, -0.25) is 33.6 Å². The number of hydrogen-bond acceptors (Lipinski definition) is 10. The van der Waals surface area contributed by atoms with Gasteiger partial charge in [0, 0.05) is 24.0 Å². The first kappa shape index (κ1) is 32.6. The molecule has 2 heterocycles. The Bertz CT molecular complexity index is 1060. The van der Waals surface area contributed by atoms with Crippen LogP contribution in [0.5, 0.6) is 0 Å². The highest BCUT2D eigenvalue weighted by Gasteiger charge is 2.43. The second kappa shape index (κ2) is 15.9. The number of thioether (sulfide) groups is 1. The van der Waals surface area contributed by atoms with Crippen molar-refractivity contribution in [1.82, 2.24) is 37.2 Å². The highest BCUT2D eigenvalue weighted by Crippen LogP contribution is 2.31. The van der Waals surface area contributed by atoms with Crippen molar-refractivity contribution in [2.45, 2.75) is 42.3 Å². The van der Waals surface area contributed by atoms with Gasteiger partial charge in [0.15, 0.2) is 0 Å². The molecule has 2 aliphatic rings. The maximum absolute atomic E-state index is 12.8. The van der Waals surface area contributed by atoms with E-state index in [-0.39, 0.29) is 43.3 Å². The monoisotopic (exact) mass is 621 g/mol. The number of carbonyl (C=O) groups is 8. The number of amides is 7. The van der Waals surface area contributed by atoms with Crippen LogP contribution in [0.25, 0.3) is 0 Å². The fourth-order valence-corrected chi connectivity index (χ4v) is 5.77. The van der Waals surface area contributed by atoms with E-state index in [2.05, 4.69) is 31.9 Å². The molecule has 7 amide bonds. The van der Waals surface area contributed by atoms with E-state index >= 15 is 0 Å². The number of urea groups is 1. The van der Waals surface area contributed by atoms with E-state index < -0.39 is 79.6 Å². The molecule has 0 aromatic rings. The third-order valence-electron chi connectivity index (χ3n) is 5.56. The Hall–Kier alpha value is -3.57. The first-order chi connectivity index (χ1) is 18.9. The molecule has 0 bridgehead atoms. The van der Waals surface area contributed by atoms with Crippen molar-refractivity contribution in [3.05, 3.63) is 0 Å². The molecule has 40 heavy (non-hydrogen) atoms. The van der Waals surface area contributed by atoms with E-state index in [4.69, 9.17) is 22.0 Å². The Morgan fingerprint density at radius 1 is 0.900 bits per heavy atom. The molecule has 20 heteroatoms. The Morgan fingerprint density at radius 2 is 1.62 bits per heavy atom. The SMILES string of the molecule is O=C(O)CNC(=O)C(CC(=O)O)NC(=O)C(CNC(=O)CNC(=O)CC1SCC2NC(=O)NC21)NC(=O)CP=S. The van der Waals surface area contributed by atoms with Crippen molar-refractivity contribution in [1.29, 1.82) is 0 Å². The summed E-state index contributed by atoms with van der Waals surface area (Å²) in [5, 5.41) is 34.3. The molecule has 5 atom stereocenters. The molecule has 9 N–H and O–H groups in total. The van der Waals surface area contributed by atoms with E-state index in [0.29, 0.717) is 5.75 Å². The molecular weight excluding hydrogens is 593 g/mol. The van der Waals surface area contributed by atoms with Crippen molar-refractivity contribution in [3.8, 4) is 0 Å². The van der Waals surface area contributed by atoms with E-state index in [1.807, 2.05) is 5.32 Å². The molecule has 2 rings (SSSR count). The average molecular weight is 622 g/mol. The lowest BCUT2D eigenvalue weighted by atomic mass is 10.1. The van der Waals surface area contributed by atoms with Gasteiger partial charge in [0.2, 0.25) is 29.5 Å². The van der Waals surface area contributed by atoms with Crippen LogP contribution < -0.4 is 37.2 Å². The average Bonchev–Trinajstić information content (AvgIpc) is 3.42. The van der Waals surface area contributed by atoms with Gasteiger partial charge in [-0.1, -0.05) is 11.8 Å². The normalized spacial score (nSPS) is 20.6. The lowest BCUT2D eigenvalue weighted by Crippen LogP contribution is -2.58. The molecule has 2 saturated heterocycles. The number of carbonyl (C=O) groups excluding carboxylic acids is 6. The third kappa shape index (κ3) is 10.9. The zero-order valence-electron chi connectivity index (χ0n) is 20.8. The van der Waals surface area contributed by atoms with Gasteiger partial charge in [0.1, 0.15) is 18.6 Å². The van der Waals surface area contributed by atoms with Crippen LogP contribution >= 0.6 is 19.1 Å². The van der Waals surface area contributed by atoms with E-state index in [9.17, 15) is 38.4 Å². The van der Waals surface area contributed by atoms with Gasteiger partial charge in [0.25, 0.3) is 0 Å². The molecule has 2 aliphatic heterocycles. The van der Waals surface area contributed by atoms with Crippen LogP contribution in [0.3, 0.4) is 0 Å². The smallest absolute Gasteiger partial charge is 0.322 e. The summed E-state index contributed by atoms with van der Waals surface area (Å²) in [5.41, 5.74) is 0. The van der Waals surface area contributed by atoms with Crippen LogP contribution in [-0.2, 0) is 45.4 Å². The Balaban J connectivity index is 1.91. The molecule has 0 aromatic heterocycles. The number of hydrogen-bond donors (Lipinski definition) is 9. The topological polar surface area (TPSA) is 261 Å². The van der Waals surface area contributed by atoms with Crippen molar-refractivity contribution < 1.29 is 48.6 Å². The lowest BCUT2D eigenvalue weighted by Gasteiger charge is -2.22. The van der Waals surface area contributed by atoms with E-state index in [1.165, 1.54) is 11.8 Å². The van der Waals surface area contributed by atoms with Crippen LogP contribution in [0.4, 0.5) is 4.79 Å². The van der Waals surface area contributed by atoms with Crippen molar-refractivity contribution >= 4 is 78.4 Å². The molecule has 0 aliphatic carbocycles. The first-order valence-corrected chi connectivity index (χ1v) is 14.9. The van der Waals surface area contributed by atoms with Crippen LogP contribution in [-0.4, -0.2) is 119 Å². The van der Waals surface area contributed by atoms with Gasteiger partial charge in [-0.15, -0.1) is 0 Å². The van der Waals surface area contributed by atoms with Gasteiger partial charge in [-0.2, -0.15) is 11.8 Å². The second-order valence-corrected chi connectivity index (χ2v) is 11.2. The predicted molar refractivity (Wildman–Crippen MR) is 142 cm³/mol. The summed E-state index contributed by atoms with van der Waals surface area (Å²) >= 11 is 6.22. The van der Waals surface area contributed by atoms with Crippen LogP contribution in [0.1, 0.15) is 12.8 Å². The Labute approximate surface area is 237 Å². The quantitative estimate of drug-likeness (QED) is 0.0587. The van der Waals surface area contributed by atoms with Crippen LogP contribution in [0.15, 0.2) is 0 Å². The summed E-state index contributed by atoms with van der Waals surface area (Å²) in [6.45, 7) is -1.77. The number of aliphatic carboxylic acids is 2. The Morgan fingerprint density at radius 3 is 2.27 bits per heavy atom. The molecular formula is C20H28N7O10PS2. The van der Waals surface area contributed by atoms with Crippen LogP contribution in [0.2, 0.25) is 0 Å². The molecule has 0 radical (unpaired) electrons. The van der Waals surface area contributed by atoms with Gasteiger partial charge in [-0.05, 0) is 7.36 Å². The molecule has 0 spiro atoms. The summed E-state index contributed by atoms with van der Waals surface area (Å²) < 4.78 is 0. The summed E-state index contributed by atoms with van der Waals surface area (Å²) in [6, 6.07) is -3.71. The summed E-state index contributed by atoms with van der Waals surface area (Å²) in [5.74, 6) is -6.15. The minimum absolute atomic E-state index is 0.0529. The first-order valence-electron chi connectivity index (χ1n) is 11.7. The number of rotatable bonds is 16. The molecule has 17 nitrogen and oxygen atoms in total. The minimum Gasteiger partial charge on any atom is -0.481 e. The largest absolute Gasteiger partial charge is 0.481 e. The zero-order valence-corrected chi connectivity index (χ0v) is 23.3. The van der Waals surface area contributed by atoms with Gasteiger partial charge >= 0.3 is 18.0 Å². The number of carboxylic acids is 2. The minimum atomic E-state index is -1.68. The number of nitrogens with one attached hydrogen (secondary N) is 7. The van der Waals surface area contributed by atoms with E-state index in [1.54, 1.807) is 0 Å². The van der Waals surface area contributed by atoms with Gasteiger partial charge in [-0.25, -0.2) is 4.79 Å². The highest BCUT2D eigenvalue weighted by atomic mass is 32.4. The van der Waals surface area contributed by atoms with Crippen molar-refractivity contribution in [2.24, 2.45) is 0 Å². The number of carboxylic acid groups (broad SMARTS) is 2. The summed E-state index contributed by atoms with van der Waals surface area (Å²) in [4.78, 5) is 95.0. The highest BCUT2D eigenvalue weighted by molar-refractivity contribution is 8.00. The van der Waals surface area contributed by atoms with Crippen molar-refractivity contribution in [3.63, 3.8) is 0 Å². The molecule has 0 saturated carbocycles. The maximum Gasteiger partial charge on any atom is 0.322 e. The molecule has 220 valence electrons. The fourth-order valence-electron chi connectivity index (χ4n) is 3.73. The molecule has 5 unspecified atom stereocenters. The van der Waals surface area contributed by atoms with Gasteiger partial charge in [0.05, 0.1) is 31.2 Å². The molecule has 2 fully saturated rings. The fraction of sp³-hybridized carbons (Fsp3) is 0.600. The predicted octanol–water partition coefficient (Wildman–Crippen LogP) is -4.17. The van der Waals surface area contributed by atoms with Gasteiger partial charge < -0.3 is 47.4 Å². The van der Waals surface area contributed by atoms with Crippen LogP contribution in [0, 0.1) is 0 Å². The molecule has 0 aromatic carbocycles. The van der Waals surface area contributed by atoms with E-state index in [0.717, 1.165) is 0 Å². The third-order valence-corrected chi connectivity index (χ3v) is 7.80. The Kier molecular flexibility index (Phi) is 13.0. The summed E-state index contributed by atoms with van der Waals surface area (Å²) in [6.07, 6.45) is -1.00. The second-order valence-electron chi connectivity index (χ2n) is 8.58. The standard InChI is InChI=1S/C20H28N7O10PS2/c28-12(2-11-17-10(7-40-11)26-20(37)27-17)22-4-13(29)21-3-9(24-14(30)6-38-39)19(36)25-8(1-15(31)32)18(35)23-5-16(33)34/h8-11,17H,1-7H2,(H,21,29)(H,22,28)(H,23,35)(H,24,30)(H,25,36)(H,31,32)(H,33,34)(H2,26,27,37). The maximum atomic E-state index is 12.8. The summed E-state index contributed by atoms with van der Waals surface area (Å²) in [7, 11) is 0.262. The van der Waals surface area contributed by atoms with Crippen molar-refractivity contribution in [2.75, 3.05) is 31.5 Å². The lowest BCUT2D eigenvalue weighted by molar-refractivity contribution is -0.141. The zero-order chi connectivity index (χ0) is 29.8.